The lowest BCUT2D eigenvalue weighted by Gasteiger charge is -2.00. The minimum atomic E-state index is -0.526. The average molecular weight is 219 g/mol. The molecule has 0 amide bonds. The van der Waals surface area contributed by atoms with Crippen molar-refractivity contribution in [1.82, 2.24) is 10.2 Å². The van der Waals surface area contributed by atoms with Gasteiger partial charge in [0, 0.05) is 6.08 Å². The molecule has 1 heterocycles. The number of benzene rings is 1. The molecule has 82 valence electrons. The second-order valence-electron chi connectivity index (χ2n) is 3.09. The summed E-state index contributed by atoms with van der Waals surface area (Å²) in [6.07, 6.45) is 2.22. The van der Waals surface area contributed by atoms with Crippen LogP contribution < -0.4 is 4.74 Å². The van der Waals surface area contributed by atoms with Gasteiger partial charge in [-0.25, -0.2) is 0 Å². The Kier molecular flexibility index (Phi) is 2.55. The predicted molar refractivity (Wildman–Crippen MR) is 58.7 cm³/mol. The number of nitrogens with one attached hydrogen (secondary N) is 1. The molecule has 2 aromatic rings. The number of nitrogens with zero attached hydrogens (tertiary/aromatic N) is 2. The third kappa shape index (κ3) is 1.72. The summed E-state index contributed by atoms with van der Waals surface area (Å²) in [5.41, 5.74) is 1.27. The normalized spacial score (nSPS) is 11.1. The highest BCUT2D eigenvalue weighted by molar-refractivity contribution is 5.91. The molecule has 1 N–H and O–H groups in total. The molecular weight excluding hydrogens is 210 g/mol. The van der Waals surface area contributed by atoms with Gasteiger partial charge in [0.15, 0.2) is 0 Å². The van der Waals surface area contributed by atoms with Crippen LogP contribution in [0.25, 0.3) is 17.0 Å². The maximum Gasteiger partial charge on any atom is 0.236 e. The van der Waals surface area contributed by atoms with Gasteiger partial charge in [0.2, 0.25) is 6.20 Å². The number of rotatable bonds is 3. The first kappa shape index (κ1) is 10.2. The molecule has 16 heavy (non-hydrogen) atoms. The van der Waals surface area contributed by atoms with Gasteiger partial charge in [0.05, 0.1) is 28.6 Å². The molecule has 0 saturated carbocycles. The summed E-state index contributed by atoms with van der Waals surface area (Å²) < 4.78 is 5.17. The third-order valence-electron chi connectivity index (χ3n) is 2.15. The number of nitro groups is 1. The lowest BCUT2D eigenvalue weighted by atomic mass is 10.2. The second-order valence-corrected chi connectivity index (χ2v) is 3.09. The maximum absolute atomic E-state index is 10.2. The molecule has 1 aromatic carbocycles. The van der Waals surface area contributed by atoms with Crippen LogP contribution in [0.3, 0.4) is 0 Å². The van der Waals surface area contributed by atoms with E-state index in [1.165, 1.54) is 6.08 Å². The van der Waals surface area contributed by atoms with E-state index >= 15 is 0 Å². The third-order valence-corrected chi connectivity index (χ3v) is 2.15. The Bertz CT molecular complexity index is 559. The smallest absolute Gasteiger partial charge is 0.236 e. The first-order valence-corrected chi connectivity index (χ1v) is 4.55. The number of aromatic nitrogens is 2. The minimum absolute atomic E-state index is 0.526. The fourth-order valence-electron chi connectivity index (χ4n) is 1.49. The fraction of sp³-hybridized carbons (Fsp3) is 0.100. The summed E-state index contributed by atoms with van der Waals surface area (Å²) in [7, 11) is 1.54. The fourth-order valence-corrected chi connectivity index (χ4v) is 1.49. The van der Waals surface area contributed by atoms with Crippen LogP contribution in [0, 0.1) is 10.1 Å². The first-order chi connectivity index (χ1) is 7.72. The van der Waals surface area contributed by atoms with Crippen molar-refractivity contribution in [3.8, 4) is 5.75 Å². The van der Waals surface area contributed by atoms with Crippen LogP contribution in [0.4, 0.5) is 0 Å². The zero-order chi connectivity index (χ0) is 11.5. The molecule has 0 unspecified atom stereocenters. The molecule has 6 nitrogen and oxygen atoms in total. The highest BCUT2D eigenvalue weighted by atomic mass is 16.6. The summed E-state index contributed by atoms with van der Waals surface area (Å²) in [4.78, 5) is 9.71. The second kappa shape index (κ2) is 4.01. The van der Waals surface area contributed by atoms with Gasteiger partial charge in [-0.1, -0.05) is 6.07 Å². The standard InChI is InChI=1S/C10H9N3O3/c1-16-9-4-2-3-7-10(9)8(12-11-7)5-6-13(14)15/h2-6H,1H3,(H,11,12)/b6-5+. The van der Waals surface area contributed by atoms with Crippen molar-refractivity contribution in [2.45, 2.75) is 0 Å². The predicted octanol–water partition coefficient (Wildman–Crippen LogP) is 1.82. The molecule has 2 rings (SSSR count). The first-order valence-electron chi connectivity index (χ1n) is 4.55. The van der Waals surface area contributed by atoms with Crippen molar-refractivity contribution in [2.24, 2.45) is 0 Å². The number of ether oxygens (including phenoxy) is 1. The van der Waals surface area contributed by atoms with Crippen molar-refractivity contribution in [3.63, 3.8) is 0 Å². The molecular formula is C10H9N3O3. The van der Waals surface area contributed by atoms with Gasteiger partial charge in [-0.3, -0.25) is 15.2 Å². The number of aromatic amines is 1. The average Bonchev–Trinajstić information content (AvgIpc) is 2.69. The molecule has 6 heteroatoms. The summed E-state index contributed by atoms with van der Waals surface area (Å²) in [6.45, 7) is 0. The Morgan fingerprint density at radius 3 is 3.06 bits per heavy atom. The topological polar surface area (TPSA) is 81.0 Å². The number of fused-ring (bicyclic) bond motifs is 1. The monoisotopic (exact) mass is 219 g/mol. The van der Waals surface area contributed by atoms with Gasteiger partial charge >= 0.3 is 0 Å². The van der Waals surface area contributed by atoms with Crippen LogP contribution in [-0.2, 0) is 0 Å². The van der Waals surface area contributed by atoms with E-state index in [1.807, 2.05) is 6.07 Å². The van der Waals surface area contributed by atoms with Crippen molar-refractivity contribution < 1.29 is 9.66 Å². The molecule has 1 aromatic heterocycles. The molecule has 0 bridgehead atoms. The number of H-pyrrole nitrogens is 1. The number of hydrogen-bond donors (Lipinski definition) is 1. The molecule has 0 fully saturated rings. The van der Waals surface area contributed by atoms with Crippen LogP contribution in [0.5, 0.6) is 5.75 Å². The summed E-state index contributed by atoms with van der Waals surface area (Å²) in [5, 5.41) is 17.7. The van der Waals surface area contributed by atoms with Crippen LogP contribution in [0.2, 0.25) is 0 Å². The van der Waals surface area contributed by atoms with Crippen molar-refractivity contribution in [2.75, 3.05) is 7.11 Å². The van der Waals surface area contributed by atoms with Gasteiger partial charge in [-0.05, 0) is 12.1 Å². The largest absolute Gasteiger partial charge is 0.496 e. The summed E-state index contributed by atoms with van der Waals surface area (Å²) >= 11 is 0. The Balaban J connectivity index is 2.58. The lowest BCUT2D eigenvalue weighted by Crippen LogP contribution is -1.85. The van der Waals surface area contributed by atoms with Crippen LogP contribution in [0.15, 0.2) is 24.4 Å². The highest BCUT2D eigenvalue weighted by Gasteiger charge is 2.08. The lowest BCUT2D eigenvalue weighted by molar-refractivity contribution is -0.400. The quantitative estimate of drug-likeness (QED) is 0.630. The zero-order valence-corrected chi connectivity index (χ0v) is 8.51. The molecule has 0 radical (unpaired) electrons. The molecule has 0 saturated heterocycles. The molecule has 0 aliphatic carbocycles. The molecule has 0 aliphatic heterocycles. The Hall–Kier alpha value is -2.37. The van der Waals surface area contributed by atoms with Crippen molar-refractivity contribution >= 4 is 17.0 Å². The number of hydrogen-bond acceptors (Lipinski definition) is 4. The van der Waals surface area contributed by atoms with Gasteiger partial charge in [-0.15, -0.1) is 0 Å². The molecule has 0 aliphatic rings. The van der Waals surface area contributed by atoms with Gasteiger partial charge in [0.25, 0.3) is 0 Å². The summed E-state index contributed by atoms with van der Waals surface area (Å²) in [6, 6.07) is 5.39. The molecule has 0 spiro atoms. The van der Waals surface area contributed by atoms with E-state index in [9.17, 15) is 10.1 Å². The van der Waals surface area contributed by atoms with Gasteiger partial charge < -0.3 is 4.74 Å². The van der Waals surface area contributed by atoms with E-state index < -0.39 is 4.92 Å². The Morgan fingerprint density at radius 1 is 1.56 bits per heavy atom. The van der Waals surface area contributed by atoms with E-state index in [1.54, 1.807) is 19.2 Å². The van der Waals surface area contributed by atoms with Gasteiger partial charge in [-0.2, -0.15) is 5.10 Å². The van der Waals surface area contributed by atoms with E-state index in [0.29, 0.717) is 17.0 Å². The van der Waals surface area contributed by atoms with Gasteiger partial charge in [0.1, 0.15) is 5.75 Å². The van der Waals surface area contributed by atoms with Crippen LogP contribution >= 0.6 is 0 Å². The minimum Gasteiger partial charge on any atom is -0.496 e. The van der Waals surface area contributed by atoms with E-state index in [-0.39, 0.29) is 0 Å². The zero-order valence-electron chi connectivity index (χ0n) is 8.51. The van der Waals surface area contributed by atoms with E-state index in [4.69, 9.17) is 4.74 Å². The van der Waals surface area contributed by atoms with Crippen LogP contribution in [-0.4, -0.2) is 22.2 Å². The Morgan fingerprint density at radius 2 is 2.38 bits per heavy atom. The Labute approximate surface area is 90.7 Å². The summed E-state index contributed by atoms with van der Waals surface area (Å²) in [5.74, 6) is 0.634. The van der Waals surface area contributed by atoms with E-state index in [2.05, 4.69) is 10.2 Å². The van der Waals surface area contributed by atoms with E-state index in [0.717, 1.165) is 11.6 Å². The molecule has 0 atom stereocenters. The number of methoxy groups -OCH3 is 1. The van der Waals surface area contributed by atoms with Crippen molar-refractivity contribution in [3.05, 3.63) is 40.2 Å². The SMILES string of the molecule is COc1cccc2n[nH]c(/C=C/[N+](=O)[O-])c12. The van der Waals surface area contributed by atoms with Crippen LogP contribution in [0.1, 0.15) is 5.69 Å². The maximum atomic E-state index is 10.2. The van der Waals surface area contributed by atoms with Crippen molar-refractivity contribution in [1.29, 1.82) is 0 Å². The highest BCUT2D eigenvalue weighted by Crippen LogP contribution is 2.27.